The summed E-state index contributed by atoms with van der Waals surface area (Å²) in [6, 6.07) is 0.960. The van der Waals surface area contributed by atoms with E-state index < -0.39 is 0 Å². The second-order valence-electron chi connectivity index (χ2n) is 5.58. The van der Waals surface area contributed by atoms with Crippen molar-refractivity contribution in [3.63, 3.8) is 0 Å². The van der Waals surface area contributed by atoms with Gasteiger partial charge in [0.15, 0.2) is 0 Å². The average molecular weight is 224 g/mol. The first kappa shape index (κ1) is 11.9. The molecule has 0 radical (unpaired) electrons. The van der Waals surface area contributed by atoms with Crippen LogP contribution in [0, 0.1) is 11.8 Å². The summed E-state index contributed by atoms with van der Waals surface area (Å²) in [5.74, 6) is 0.718. The van der Waals surface area contributed by atoms with Crippen LogP contribution in [0.1, 0.15) is 51.9 Å². The molecule has 3 N–H and O–H groups in total. The van der Waals surface area contributed by atoms with Crippen LogP contribution in [-0.2, 0) is 4.79 Å². The highest BCUT2D eigenvalue weighted by atomic mass is 16.1. The topological polar surface area (TPSA) is 55.1 Å². The van der Waals surface area contributed by atoms with Gasteiger partial charge in [0.05, 0.1) is 5.92 Å². The van der Waals surface area contributed by atoms with E-state index in [2.05, 4.69) is 12.2 Å². The number of carbonyl (C=O) groups is 1. The average Bonchev–Trinajstić information content (AvgIpc) is 2.69. The zero-order valence-corrected chi connectivity index (χ0v) is 10.2. The number of primary amides is 1. The van der Waals surface area contributed by atoms with Crippen molar-refractivity contribution in [3.8, 4) is 0 Å². The van der Waals surface area contributed by atoms with Crippen LogP contribution in [0.3, 0.4) is 0 Å². The Morgan fingerprint density at radius 3 is 2.44 bits per heavy atom. The Hall–Kier alpha value is -0.570. The van der Waals surface area contributed by atoms with Gasteiger partial charge in [0, 0.05) is 12.1 Å². The van der Waals surface area contributed by atoms with E-state index in [0.717, 1.165) is 25.2 Å². The molecule has 0 bridgehead atoms. The van der Waals surface area contributed by atoms with Crippen molar-refractivity contribution in [2.45, 2.75) is 64.0 Å². The molecule has 0 heterocycles. The van der Waals surface area contributed by atoms with E-state index in [1.54, 1.807) is 0 Å². The Morgan fingerprint density at radius 2 is 1.75 bits per heavy atom. The Labute approximate surface area is 98.2 Å². The van der Waals surface area contributed by atoms with E-state index in [1.807, 2.05) is 0 Å². The highest BCUT2D eigenvalue weighted by Gasteiger charge is 2.34. The van der Waals surface area contributed by atoms with E-state index in [-0.39, 0.29) is 11.8 Å². The van der Waals surface area contributed by atoms with Gasteiger partial charge in [-0.2, -0.15) is 0 Å². The largest absolute Gasteiger partial charge is 0.369 e. The van der Waals surface area contributed by atoms with E-state index in [4.69, 9.17) is 5.73 Å². The Bertz CT molecular complexity index is 254. The van der Waals surface area contributed by atoms with Gasteiger partial charge < -0.3 is 11.1 Å². The Balaban J connectivity index is 1.90. The third-order valence-electron chi connectivity index (χ3n) is 4.42. The molecule has 2 fully saturated rings. The summed E-state index contributed by atoms with van der Waals surface area (Å²) in [4.78, 5) is 11.3. The number of hydrogen-bond acceptors (Lipinski definition) is 2. The van der Waals surface area contributed by atoms with Crippen molar-refractivity contribution in [1.29, 1.82) is 0 Å². The summed E-state index contributed by atoms with van der Waals surface area (Å²) in [6.45, 7) is 2.32. The predicted molar refractivity (Wildman–Crippen MR) is 64.9 cm³/mol. The lowest BCUT2D eigenvalue weighted by Crippen LogP contribution is -2.47. The molecule has 92 valence electrons. The number of nitrogens with one attached hydrogen (secondary N) is 1. The monoisotopic (exact) mass is 224 g/mol. The van der Waals surface area contributed by atoms with Gasteiger partial charge in [0.1, 0.15) is 0 Å². The van der Waals surface area contributed by atoms with Crippen LogP contribution in [0.25, 0.3) is 0 Å². The van der Waals surface area contributed by atoms with Crippen molar-refractivity contribution in [1.82, 2.24) is 5.32 Å². The zero-order valence-electron chi connectivity index (χ0n) is 10.2. The van der Waals surface area contributed by atoms with E-state index >= 15 is 0 Å². The standard InChI is InChI=1S/C13H24N2O/c1-9-5-2-3-7-11(9)15-12-8-4-6-10(12)13(14)16/h9-12,15H,2-8H2,1H3,(H2,14,16). The maximum atomic E-state index is 11.3. The summed E-state index contributed by atoms with van der Waals surface area (Å²) in [6.07, 6.45) is 8.53. The Morgan fingerprint density at radius 1 is 1.06 bits per heavy atom. The quantitative estimate of drug-likeness (QED) is 0.768. The first-order valence-corrected chi connectivity index (χ1v) is 6.74. The lowest BCUT2D eigenvalue weighted by molar-refractivity contribution is -0.122. The van der Waals surface area contributed by atoms with Crippen molar-refractivity contribution in [2.75, 3.05) is 0 Å². The van der Waals surface area contributed by atoms with Crippen molar-refractivity contribution in [3.05, 3.63) is 0 Å². The molecule has 1 amide bonds. The highest BCUT2D eigenvalue weighted by Crippen LogP contribution is 2.29. The van der Waals surface area contributed by atoms with Crippen LogP contribution < -0.4 is 11.1 Å². The number of hydrogen-bond donors (Lipinski definition) is 2. The zero-order chi connectivity index (χ0) is 11.5. The van der Waals surface area contributed by atoms with Crippen molar-refractivity contribution >= 4 is 5.91 Å². The van der Waals surface area contributed by atoms with Gasteiger partial charge in [-0.3, -0.25) is 4.79 Å². The van der Waals surface area contributed by atoms with Gasteiger partial charge in [0.25, 0.3) is 0 Å². The summed E-state index contributed by atoms with van der Waals surface area (Å²) in [5.41, 5.74) is 5.45. The minimum atomic E-state index is -0.113. The lowest BCUT2D eigenvalue weighted by atomic mass is 9.85. The fourth-order valence-electron chi connectivity index (χ4n) is 3.34. The fraction of sp³-hybridized carbons (Fsp3) is 0.923. The van der Waals surface area contributed by atoms with Crippen LogP contribution >= 0.6 is 0 Å². The number of nitrogens with two attached hydrogens (primary N) is 1. The summed E-state index contributed by atoms with van der Waals surface area (Å²) in [5, 5.41) is 3.70. The first-order chi connectivity index (χ1) is 7.68. The molecule has 4 atom stereocenters. The van der Waals surface area contributed by atoms with Gasteiger partial charge in [-0.15, -0.1) is 0 Å². The minimum Gasteiger partial charge on any atom is -0.369 e. The third-order valence-corrected chi connectivity index (χ3v) is 4.42. The van der Waals surface area contributed by atoms with Crippen LogP contribution in [0.4, 0.5) is 0 Å². The number of amides is 1. The molecule has 16 heavy (non-hydrogen) atoms. The second-order valence-corrected chi connectivity index (χ2v) is 5.58. The summed E-state index contributed by atoms with van der Waals surface area (Å²) < 4.78 is 0. The molecule has 0 saturated heterocycles. The first-order valence-electron chi connectivity index (χ1n) is 6.74. The number of carbonyl (C=O) groups excluding carboxylic acids is 1. The van der Waals surface area contributed by atoms with Crippen LogP contribution in [0.5, 0.6) is 0 Å². The lowest BCUT2D eigenvalue weighted by Gasteiger charge is -2.33. The smallest absolute Gasteiger partial charge is 0.222 e. The fourth-order valence-corrected chi connectivity index (χ4v) is 3.34. The predicted octanol–water partition coefficient (Wildman–Crippen LogP) is 1.81. The van der Waals surface area contributed by atoms with Crippen LogP contribution in [0.15, 0.2) is 0 Å². The Kier molecular flexibility index (Phi) is 3.85. The normalized spacial score (nSPS) is 39.8. The van der Waals surface area contributed by atoms with Gasteiger partial charge in [-0.25, -0.2) is 0 Å². The molecule has 2 aliphatic rings. The van der Waals surface area contributed by atoms with Gasteiger partial charge in [0.2, 0.25) is 5.91 Å². The van der Waals surface area contributed by atoms with Crippen LogP contribution in [0.2, 0.25) is 0 Å². The SMILES string of the molecule is CC1CCCCC1NC1CCCC1C(N)=O. The molecule has 3 nitrogen and oxygen atoms in total. The second kappa shape index (κ2) is 5.17. The van der Waals surface area contributed by atoms with Gasteiger partial charge >= 0.3 is 0 Å². The molecule has 2 aliphatic carbocycles. The maximum Gasteiger partial charge on any atom is 0.222 e. The molecular weight excluding hydrogens is 200 g/mol. The molecule has 0 aromatic heterocycles. The molecule has 0 spiro atoms. The van der Waals surface area contributed by atoms with Crippen molar-refractivity contribution < 1.29 is 4.79 Å². The highest BCUT2D eigenvalue weighted by molar-refractivity contribution is 5.77. The van der Waals surface area contributed by atoms with E-state index in [9.17, 15) is 4.79 Å². The number of rotatable bonds is 3. The van der Waals surface area contributed by atoms with Gasteiger partial charge in [-0.1, -0.05) is 26.2 Å². The molecule has 0 aliphatic heterocycles. The molecule has 0 aromatic rings. The van der Waals surface area contributed by atoms with Crippen molar-refractivity contribution in [2.24, 2.45) is 17.6 Å². The molecule has 4 unspecified atom stereocenters. The summed E-state index contributed by atoms with van der Waals surface area (Å²) in [7, 11) is 0. The molecule has 0 aromatic carbocycles. The molecule has 2 rings (SSSR count). The summed E-state index contributed by atoms with van der Waals surface area (Å²) >= 11 is 0. The van der Waals surface area contributed by atoms with E-state index in [1.165, 1.54) is 25.7 Å². The van der Waals surface area contributed by atoms with Gasteiger partial charge in [-0.05, 0) is 31.6 Å². The third kappa shape index (κ3) is 2.57. The maximum absolute atomic E-state index is 11.3. The van der Waals surface area contributed by atoms with E-state index in [0.29, 0.717) is 12.1 Å². The molecule has 2 saturated carbocycles. The molecular formula is C13H24N2O. The van der Waals surface area contributed by atoms with Crippen LogP contribution in [-0.4, -0.2) is 18.0 Å². The minimum absolute atomic E-state index is 0.0779. The molecule has 3 heteroatoms.